The lowest BCUT2D eigenvalue weighted by Crippen LogP contribution is -2.58. The number of carbonyl (C=O) groups excluding carboxylic acids is 3. The minimum absolute atomic E-state index is 0.104. The van der Waals surface area contributed by atoms with Crippen molar-refractivity contribution in [1.82, 2.24) is 4.90 Å². The van der Waals surface area contributed by atoms with Crippen LogP contribution in [0.15, 0.2) is 46.0 Å². The van der Waals surface area contributed by atoms with E-state index in [9.17, 15) is 34.8 Å². The number of amides is 1. The van der Waals surface area contributed by atoms with Gasteiger partial charge in [-0.25, -0.2) is 0 Å². The number of phenolic OH excluding ortho intramolecular Hbond substituents is 1. The predicted octanol–water partition coefficient (Wildman–Crippen LogP) is 2.67. The Morgan fingerprint density at radius 2 is 1.87 bits per heavy atom. The van der Waals surface area contributed by atoms with Crippen LogP contribution in [-0.4, -0.2) is 61.5 Å². The number of rotatable bonds is 4. The van der Waals surface area contributed by atoms with E-state index >= 15 is 0 Å². The molecule has 10 nitrogen and oxygen atoms in total. The van der Waals surface area contributed by atoms with Crippen molar-refractivity contribution in [3.8, 4) is 16.9 Å². The molecule has 0 spiro atoms. The first kappa shape index (κ1) is 25.4. The quantitative estimate of drug-likeness (QED) is 0.369. The molecule has 1 saturated heterocycles. The molecule has 2 heterocycles. The number of aliphatic hydroxyl groups is 3. The summed E-state index contributed by atoms with van der Waals surface area (Å²) in [5, 5.41) is 45.2. The fourth-order valence-electron chi connectivity index (χ4n) is 6.90. The zero-order chi connectivity index (χ0) is 27.6. The first-order valence-corrected chi connectivity index (χ1v) is 13.2. The van der Waals surface area contributed by atoms with E-state index in [1.165, 1.54) is 18.9 Å². The Hall–Kier alpha value is -3.89. The number of hydrogen-bond donors (Lipinski definition) is 5. The number of furan rings is 1. The second kappa shape index (κ2) is 9.10. The number of carbonyl (C=O) groups is 3. The fraction of sp³-hybridized carbons (Fsp3) is 0.414. The Labute approximate surface area is 224 Å². The van der Waals surface area contributed by atoms with Gasteiger partial charge in [0.05, 0.1) is 18.1 Å². The molecule has 204 valence electrons. The molecule has 0 bridgehead atoms. The van der Waals surface area contributed by atoms with Crippen molar-refractivity contribution >= 4 is 23.2 Å². The van der Waals surface area contributed by atoms with E-state index in [2.05, 4.69) is 4.90 Å². The summed E-state index contributed by atoms with van der Waals surface area (Å²) in [4.78, 5) is 40.6. The van der Waals surface area contributed by atoms with Crippen molar-refractivity contribution < 1.29 is 39.2 Å². The third kappa shape index (κ3) is 3.73. The van der Waals surface area contributed by atoms with Gasteiger partial charge in [0.15, 0.2) is 11.4 Å². The molecule has 2 aromatic rings. The largest absolute Gasteiger partial charge is 0.508 e. The molecule has 1 amide bonds. The Bertz CT molecular complexity index is 1460. The van der Waals surface area contributed by atoms with Crippen LogP contribution in [0.4, 0.5) is 0 Å². The standard InChI is InChI=1S/C29H30N2O8/c30-28(37)23-20(32)11-17-8-15-9-18-16(12-31-5-2-1-3-6-31)10-19(14-4-7-39-13-14)24(33)22(18)25(34)21(15)26(35)29(17,38)27(23)36/h4,7,10,13,15,17,33-34,36,38H,1-3,5-6,8-9,11-12H2,(H2,30,37). The Kier molecular flexibility index (Phi) is 5.92. The number of primary amides is 1. The Balaban J connectivity index is 1.53. The van der Waals surface area contributed by atoms with Crippen LogP contribution < -0.4 is 5.73 Å². The highest BCUT2D eigenvalue weighted by Crippen LogP contribution is 2.53. The van der Waals surface area contributed by atoms with E-state index in [1.54, 1.807) is 6.07 Å². The molecule has 10 heteroatoms. The molecule has 3 aliphatic carbocycles. The highest BCUT2D eigenvalue weighted by molar-refractivity contribution is 6.22. The molecule has 3 atom stereocenters. The molecule has 1 aromatic heterocycles. The molecule has 4 aliphatic rings. The average molecular weight is 535 g/mol. The lowest BCUT2D eigenvalue weighted by Gasteiger charge is -2.46. The predicted molar refractivity (Wildman–Crippen MR) is 138 cm³/mol. The number of fused-ring (bicyclic) bond motifs is 3. The number of benzene rings is 1. The maximum atomic E-state index is 13.8. The third-order valence-electron chi connectivity index (χ3n) is 8.83. The topological polar surface area (TPSA) is 175 Å². The van der Waals surface area contributed by atoms with Gasteiger partial charge in [0.1, 0.15) is 22.8 Å². The number of hydrogen-bond acceptors (Lipinski definition) is 9. The number of aromatic hydroxyl groups is 1. The number of phenols is 1. The summed E-state index contributed by atoms with van der Waals surface area (Å²) in [6.45, 7) is 2.45. The Morgan fingerprint density at radius 1 is 1.13 bits per heavy atom. The summed E-state index contributed by atoms with van der Waals surface area (Å²) in [5.74, 6) is -6.31. The molecule has 1 aromatic carbocycles. The van der Waals surface area contributed by atoms with Crippen LogP contribution in [0.5, 0.6) is 5.75 Å². The Morgan fingerprint density at radius 3 is 2.54 bits per heavy atom. The van der Waals surface area contributed by atoms with E-state index in [-0.39, 0.29) is 36.1 Å². The van der Waals surface area contributed by atoms with Crippen molar-refractivity contribution in [2.75, 3.05) is 13.1 Å². The molecule has 1 aliphatic heterocycles. The smallest absolute Gasteiger partial charge is 0.255 e. The number of nitrogens with two attached hydrogens (primary N) is 1. The molecular formula is C29H30N2O8. The number of ketones is 2. The number of piperidine rings is 1. The van der Waals surface area contributed by atoms with E-state index in [0.29, 0.717) is 23.2 Å². The summed E-state index contributed by atoms with van der Waals surface area (Å²) in [5.41, 5.74) is 4.48. The highest BCUT2D eigenvalue weighted by atomic mass is 16.3. The van der Waals surface area contributed by atoms with Crippen LogP contribution in [0.2, 0.25) is 0 Å². The van der Waals surface area contributed by atoms with Crippen molar-refractivity contribution in [3.63, 3.8) is 0 Å². The van der Waals surface area contributed by atoms with Crippen LogP contribution in [0, 0.1) is 11.8 Å². The van der Waals surface area contributed by atoms with Crippen molar-refractivity contribution in [2.24, 2.45) is 17.6 Å². The summed E-state index contributed by atoms with van der Waals surface area (Å²) in [6.07, 6.45) is 6.35. The van der Waals surface area contributed by atoms with Crippen LogP contribution in [0.3, 0.4) is 0 Å². The van der Waals surface area contributed by atoms with Gasteiger partial charge in [0, 0.05) is 35.6 Å². The number of nitrogens with zero attached hydrogens (tertiary/aromatic N) is 1. The lowest BCUT2D eigenvalue weighted by molar-refractivity contribution is -0.147. The zero-order valence-corrected chi connectivity index (χ0v) is 21.3. The molecule has 0 radical (unpaired) electrons. The summed E-state index contributed by atoms with van der Waals surface area (Å²) >= 11 is 0. The van der Waals surface area contributed by atoms with Crippen LogP contribution in [-0.2, 0) is 27.3 Å². The first-order valence-electron chi connectivity index (χ1n) is 13.2. The van der Waals surface area contributed by atoms with Gasteiger partial charge in [-0.2, -0.15) is 0 Å². The zero-order valence-electron chi connectivity index (χ0n) is 21.3. The molecule has 6 N–H and O–H groups in total. The van der Waals surface area contributed by atoms with E-state index in [4.69, 9.17) is 10.2 Å². The highest BCUT2D eigenvalue weighted by Gasteiger charge is 2.60. The summed E-state index contributed by atoms with van der Waals surface area (Å²) < 4.78 is 5.23. The van der Waals surface area contributed by atoms with Gasteiger partial charge in [-0.15, -0.1) is 0 Å². The number of aliphatic hydroxyl groups excluding tert-OH is 2. The second-order valence-corrected chi connectivity index (χ2v) is 11.0. The normalized spacial score (nSPS) is 27.3. The summed E-state index contributed by atoms with van der Waals surface area (Å²) in [7, 11) is 0. The average Bonchev–Trinajstić information content (AvgIpc) is 3.43. The number of likely N-dealkylation sites (tertiary alicyclic amines) is 1. The van der Waals surface area contributed by atoms with Gasteiger partial charge in [0.25, 0.3) is 5.91 Å². The van der Waals surface area contributed by atoms with E-state index in [1.807, 2.05) is 6.07 Å². The molecule has 39 heavy (non-hydrogen) atoms. The van der Waals surface area contributed by atoms with Gasteiger partial charge in [-0.1, -0.05) is 6.42 Å². The van der Waals surface area contributed by atoms with Gasteiger partial charge in [-0.05, 0) is 68.0 Å². The second-order valence-electron chi connectivity index (χ2n) is 11.0. The maximum absolute atomic E-state index is 13.8. The minimum atomic E-state index is -2.58. The first-order chi connectivity index (χ1) is 18.6. The molecule has 2 fully saturated rings. The van der Waals surface area contributed by atoms with Crippen LogP contribution >= 0.6 is 0 Å². The maximum Gasteiger partial charge on any atom is 0.255 e. The van der Waals surface area contributed by atoms with E-state index < -0.39 is 52.0 Å². The summed E-state index contributed by atoms with van der Waals surface area (Å²) in [6, 6.07) is 3.58. The van der Waals surface area contributed by atoms with Gasteiger partial charge >= 0.3 is 0 Å². The third-order valence-corrected chi connectivity index (χ3v) is 8.83. The lowest BCUT2D eigenvalue weighted by atomic mass is 9.59. The monoisotopic (exact) mass is 534 g/mol. The van der Waals surface area contributed by atoms with Crippen LogP contribution in [0.25, 0.3) is 16.9 Å². The van der Waals surface area contributed by atoms with E-state index in [0.717, 1.165) is 31.5 Å². The van der Waals surface area contributed by atoms with Crippen molar-refractivity contribution in [3.05, 3.63) is 58.3 Å². The SMILES string of the molecule is NC(=O)C1=C(O)C2(O)C(=O)C3=C(O)c4c(O)c(-c5ccoc5)cc(CN5CCCCC5)c4CC3CC2CC1=O. The van der Waals surface area contributed by atoms with Crippen molar-refractivity contribution in [1.29, 1.82) is 0 Å². The minimum Gasteiger partial charge on any atom is -0.508 e. The molecule has 3 unspecified atom stereocenters. The fourth-order valence-corrected chi connectivity index (χ4v) is 6.90. The van der Waals surface area contributed by atoms with Crippen molar-refractivity contribution in [2.45, 2.75) is 50.7 Å². The molecule has 1 saturated carbocycles. The molecule has 6 rings (SSSR count). The van der Waals surface area contributed by atoms with Gasteiger partial charge < -0.3 is 30.6 Å². The molecular weight excluding hydrogens is 504 g/mol. The number of Topliss-reactive ketones (excluding diaryl/α,β-unsaturated/α-hetero) is 2. The van der Waals surface area contributed by atoms with Crippen LogP contribution in [0.1, 0.15) is 48.8 Å². The van der Waals surface area contributed by atoms with Gasteiger partial charge in [0.2, 0.25) is 5.78 Å². The van der Waals surface area contributed by atoms with Gasteiger partial charge in [-0.3, -0.25) is 19.3 Å².